The highest BCUT2D eigenvalue weighted by atomic mass is 79.9. The van der Waals surface area contributed by atoms with Crippen LogP contribution in [0.3, 0.4) is 0 Å². The maximum Gasteiger partial charge on any atom is 0.371 e. The monoisotopic (exact) mass is 416 g/mol. The third kappa shape index (κ3) is 2.92. The van der Waals surface area contributed by atoms with Crippen LogP contribution in [-0.2, 0) is 0 Å². The number of hydrogen-bond donors (Lipinski definition) is 1. The summed E-state index contributed by atoms with van der Waals surface area (Å²) in [6, 6.07) is 4.83. The first-order valence-corrected chi connectivity index (χ1v) is 8.31. The molecule has 2 aromatic rings. The fraction of sp³-hybridized carbons (Fsp3) is 0.333. The van der Waals surface area contributed by atoms with Crippen LogP contribution in [0.15, 0.2) is 22.6 Å². The second kappa shape index (κ2) is 5.93. The molecule has 0 saturated carbocycles. The van der Waals surface area contributed by atoms with Crippen molar-refractivity contribution in [2.45, 2.75) is 24.6 Å². The Morgan fingerprint density at radius 1 is 1.33 bits per heavy atom. The van der Waals surface area contributed by atoms with Crippen LogP contribution in [0.25, 0.3) is 11.0 Å². The number of aryl methyl sites for hydroxylation is 1. The number of carboxylic acids is 1. The van der Waals surface area contributed by atoms with Gasteiger partial charge in [0.15, 0.2) is 5.78 Å². The van der Waals surface area contributed by atoms with Crippen LogP contribution in [0.5, 0.6) is 0 Å². The first-order chi connectivity index (χ1) is 9.82. The fourth-order valence-electron chi connectivity index (χ4n) is 2.10. The highest BCUT2D eigenvalue weighted by molar-refractivity contribution is 9.12. The molecule has 6 heteroatoms. The fourth-order valence-corrected chi connectivity index (χ4v) is 2.96. The molecule has 0 aliphatic rings. The van der Waals surface area contributed by atoms with Gasteiger partial charge in [0.1, 0.15) is 5.58 Å². The topological polar surface area (TPSA) is 67.5 Å². The minimum Gasteiger partial charge on any atom is -0.475 e. The average Bonchev–Trinajstić information content (AvgIpc) is 2.87. The predicted molar refractivity (Wildman–Crippen MR) is 88.0 cm³/mol. The standard InChI is InChI=1S/C15H14Br2O4/c1-3-15(17,7-16)13(18)10-5-9-6-12(14(19)20)21-11(9)4-8(10)2/h4-6H,3,7H2,1-2H3,(H,19,20). The number of fused-ring (bicyclic) bond motifs is 1. The summed E-state index contributed by atoms with van der Waals surface area (Å²) in [5, 5.41) is 10.1. The number of hydrogen-bond acceptors (Lipinski definition) is 3. The molecule has 0 amide bonds. The molecule has 1 unspecified atom stereocenters. The van der Waals surface area contributed by atoms with E-state index in [1.165, 1.54) is 6.07 Å². The quantitative estimate of drug-likeness (QED) is 0.571. The molecule has 2 rings (SSSR count). The van der Waals surface area contributed by atoms with E-state index in [0.717, 1.165) is 5.56 Å². The average molecular weight is 418 g/mol. The van der Waals surface area contributed by atoms with Gasteiger partial charge in [-0.05, 0) is 37.1 Å². The van der Waals surface area contributed by atoms with Gasteiger partial charge in [0.25, 0.3) is 0 Å². The Morgan fingerprint density at radius 2 is 2.00 bits per heavy atom. The number of aromatic carboxylic acids is 1. The summed E-state index contributed by atoms with van der Waals surface area (Å²) in [4.78, 5) is 23.7. The van der Waals surface area contributed by atoms with E-state index >= 15 is 0 Å². The zero-order valence-electron chi connectivity index (χ0n) is 11.6. The summed E-state index contributed by atoms with van der Waals surface area (Å²) in [6.45, 7) is 3.75. The lowest BCUT2D eigenvalue weighted by Gasteiger charge is -2.22. The second-order valence-corrected chi connectivity index (χ2v) is 6.98. The number of furan rings is 1. The van der Waals surface area contributed by atoms with Gasteiger partial charge in [-0.2, -0.15) is 0 Å². The normalized spacial score (nSPS) is 14.1. The van der Waals surface area contributed by atoms with E-state index in [2.05, 4.69) is 31.9 Å². The van der Waals surface area contributed by atoms with Crippen molar-refractivity contribution in [1.82, 2.24) is 0 Å². The number of Topliss-reactive ketones (excluding diaryl/α,β-unsaturated/α-hetero) is 1. The number of benzene rings is 1. The van der Waals surface area contributed by atoms with E-state index in [0.29, 0.717) is 28.3 Å². The van der Waals surface area contributed by atoms with E-state index in [-0.39, 0.29) is 11.5 Å². The third-order valence-corrected chi connectivity index (χ3v) is 6.41. The molecule has 0 fully saturated rings. The summed E-state index contributed by atoms with van der Waals surface area (Å²) < 4.78 is 4.59. The summed E-state index contributed by atoms with van der Waals surface area (Å²) in [7, 11) is 0. The van der Waals surface area contributed by atoms with Crippen molar-refractivity contribution in [3.8, 4) is 0 Å². The molecule has 0 radical (unpaired) electrons. The van der Waals surface area contributed by atoms with Gasteiger partial charge in [-0.1, -0.05) is 38.8 Å². The number of carbonyl (C=O) groups excluding carboxylic acids is 1. The molecule has 1 atom stereocenters. The Balaban J connectivity index is 2.57. The van der Waals surface area contributed by atoms with Crippen molar-refractivity contribution in [2.75, 3.05) is 5.33 Å². The molecule has 0 aliphatic heterocycles. The van der Waals surface area contributed by atoms with Gasteiger partial charge in [-0.3, -0.25) is 4.79 Å². The minimum atomic E-state index is -1.12. The summed E-state index contributed by atoms with van der Waals surface area (Å²) in [5.41, 5.74) is 1.80. The number of halogens is 2. The lowest BCUT2D eigenvalue weighted by molar-refractivity contribution is 0.0664. The maximum absolute atomic E-state index is 12.7. The second-order valence-electron chi connectivity index (χ2n) is 4.90. The molecular formula is C15H14Br2O4. The Bertz CT molecular complexity index is 714. The first-order valence-electron chi connectivity index (χ1n) is 6.39. The number of ketones is 1. The van der Waals surface area contributed by atoms with Crippen LogP contribution in [0.4, 0.5) is 0 Å². The van der Waals surface area contributed by atoms with Crippen LogP contribution >= 0.6 is 31.9 Å². The lowest BCUT2D eigenvalue weighted by atomic mass is 9.93. The Hall–Kier alpha value is -1.14. The molecule has 1 N–H and O–H groups in total. The van der Waals surface area contributed by atoms with Crippen LogP contribution < -0.4 is 0 Å². The minimum absolute atomic E-state index is 0.0284. The zero-order chi connectivity index (χ0) is 15.8. The van der Waals surface area contributed by atoms with Crippen molar-refractivity contribution >= 4 is 54.6 Å². The SMILES string of the molecule is CCC(Br)(CBr)C(=O)c1cc2cc(C(=O)O)oc2cc1C. The number of carboxylic acid groups (broad SMARTS) is 1. The van der Waals surface area contributed by atoms with Gasteiger partial charge < -0.3 is 9.52 Å². The van der Waals surface area contributed by atoms with E-state index in [1.54, 1.807) is 12.1 Å². The van der Waals surface area contributed by atoms with Crippen molar-refractivity contribution in [3.63, 3.8) is 0 Å². The van der Waals surface area contributed by atoms with Gasteiger partial charge >= 0.3 is 5.97 Å². The Kier molecular flexibility index (Phi) is 4.58. The van der Waals surface area contributed by atoms with Gasteiger partial charge in [0.05, 0.1) is 4.32 Å². The highest BCUT2D eigenvalue weighted by Gasteiger charge is 2.34. The molecule has 0 aliphatic carbocycles. The van der Waals surface area contributed by atoms with Gasteiger partial charge in [-0.15, -0.1) is 0 Å². The zero-order valence-corrected chi connectivity index (χ0v) is 14.7. The smallest absolute Gasteiger partial charge is 0.371 e. The van der Waals surface area contributed by atoms with Crippen molar-refractivity contribution in [2.24, 2.45) is 0 Å². The largest absolute Gasteiger partial charge is 0.475 e. The molecule has 21 heavy (non-hydrogen) atoms. The van der Waals surface area contributed by atoms with Gasteiger partial charge in [-0.25, -0.2) is 4.79 Å². The molecule has 112 valence electrons. The van der Waals surface area contributed by atoms with Gasteiger partial charge in [0, 0.05) is 16.3 Å². The van der Waals surface area contributed by atoms with Crippen LogP contribution in [-0.4, -0.2) is 26.5 Å². The van der Waals surface area contributed by atoms with Gasteiger partial charge in [0.2, 0.25) is 5.76 Å². The summed E-state index contributed by atoms with van der Waals surface area (Å²) >= 11 is 6.86. The maximum atomic E-state index is 12.7. The summed E-state index contributed by atoms with van der Waals surface area (Å²) in [5.74, 6) is -1.28. The first kappa shape index (κ1) is 16.2. The molecule has 1 heterocycles. The van der Waals surface area contributed by atoms with E-state index in [1.807, 2.05) is 13.8 Å². The van der Waals surface area contributed by atoms with Crippen LogP contribution in [0.2, 0.25) is 0 Å². The van der Waals surface area contributed by atoms with Crippen molar-refractivity contribution < 1.29 is 19.1 Å². The molecule has 1 aromatic carbocycles. The van der Waals surface area contributed by atoms with E-state index in [9.17, 15) is 9.59 Å². The van der Waals surface area contributed by atoms with Crippen molar-refractivity contribution in [3.05, 3.63) is 35.1 Å². The molecule has 1 aromatic heterocycles. The van der Waals surface area contributed by atoms with E-state index in [4.69, 9.17) is 9.52 Å². The molecule has 0 spiro atoms. The highest BCUT2D eigenvalue weighted by Crippen LogP contribution is 2.32. The third-order valence-electron chi connectivity index (χ3n) is 3.50. The van der Waals surface area contributed by atoms with Crippen LogP contribution in [0, 0.1) is 6.92 Å². The number of rotatable bonds is 5. The predicted octanol–water partition coefficient (Wildman–Crippen LogP) is 4.56. The molecular weight excluding hydrogens is 404 g/mol. The Labute approximate surface area is 138 Å². The molecule has 0 saturated heterocycles. The molecule has 0 bridgehead atoms. The van der Waals surface area contributed by atoms with Crippen molar-refractivity contribution in [1.29, 1.82) is 0 Å². The molecule has 4 nitrogen and oxygen atoms in total. The van der Waals surface area contributed by atoms with E-state index < -0.39 is 10.3 Å². The van der Waals surface area contributed by atoms with Crippen LogP contribution in [0.1, 0.15) is 39.8 Å². The summed E-state index contributed by atoms with van der Waals surface area (Å²) in [6.07, 6.45) is 0.639. The number of carbonyl (C=O) groups is 2. The lowest BCUT2D eigenvalue weighted by Crippen LogP contribution is -2.33. The Morgan fingerprint density at radius 3 is 2.52 bits per heavy atom. The number of alkyl halides is 2.